The molecule has 0 aromatic carbocycles. The summed E-state index contributed by atoms with van der Waals surface area (Å²) in [4.78, 5) is 27.3. The molecule has 3 rings (SSSR count). The number of nitrogens with zero attached hydrogens (tertiary/aromatic N) is 3. The summed E-state index contributed by atoms with van der Waals surface area (Å²) in [6, 6.07) is 1.62. The molecule has 1 aromatic rings. The maximum absolute atomic E-state index is 12.4. The molecule has 2 saturated heterocycles. The molecule has 0 bridgehead atoms. The number of hydrogen-bond donors (Lipinski definition) is 1. The molecule has 108 valence electrons. The summed E-state index contributed by atoms with van der Waals surface area (Å²) in [7, 11) is 0. The summed E-state index contributed by atoms with van der Waals surface area (Å²) in [6.07, 6.45) is 3.23. The number of rotatable bonds is 2. The predicted octanol–water partition coefficient (Wildman–Crippen LogP) is 0.683. The van der Waals surface area contributed by atoms with Crippen molar-refractivity contribution in [3.8, 4) is 0 Å². The summed E-state index contributed by atoms with van der Waals surface area (Å²) in [5, 5.41) is 12.4. The van der Waals surface area contributed by atoms with Gasteiger partial charge in [0.25, 0.3) is 5.91 Å². The summed E-state index contributed by atoms with van der Waals surface area (Å²) in [6.45, 7) is 3.50. The molecule has 7 heteroatoms. The Balaban J connectivity index is 1.73. The molecular formula is C13H17N3O4. The van der Waals surface area contributed by atoms with Crippen LogP contribution in [0.3, 0.4) is 0 Å². The van der Waals surface area contributed by atoms with Gasteiger partial charge >= 0.3 is 5.97 Å². The van der Waals surface area contributed by atoms with Crippen molar-refractivity contribution >= 4 is 11.9 Å². The van der Waals surface area contributed by atoms with Gasteiger partial charge in [-0.15, -0.1) is 0 Å². The van der Waals surface area contributed by atoms with Crippen LogP contribution in [0.25, 0.3) is 0 Å². The summed E-state index contributed by atoms with van der Waals surface area (Å²) < 4.78 is 4.65. The Morgan fingerprint density at radius 3 is 2.85 bits per heavy atom. The average Bonchev–Trinajstić information content (AvgIpc) is 3.03. The molecule has 0 spiro atoms. The Hall–Kier alpha value is -1.89. The molecule has 1 aromatic heterocycles. The Labute approximate surface area is 116 Å². The van der Waals surface area contributed by atoms with Crippen molar-refractivity contribution < 1.29 is 19.2 Å². The molecular weight excluding hydrogens is 262 g/mol. The average molecular weight is 279 g/mol. The van der Waals surface area contributed by atoms with E-state index in [0.29, 0.717) is 19.1 Å². The third-order valence-corrected chi connectivity index (χ3v) is 4.03. The van der Waals surface area contributed by atoms with E-state index >= 15 is 0 Å². The van der Waals surface area contributed by atoms with Gasteiger partial charge in [0.1, 0.15) is 0 Å². The van der Waals surface area contributed by atoms with E-state index in [1.165, 1.54) is 12.5 Å². The van der Waals surface area contributed by atoms with Crippen LogP contribution in [-0.2, 0) is 0 Å². The molecule has 2 fully saturated rings. The van der Waals surface area contributed by atoms with E-state index in [2.05, 4.69) is 14.6 Å². The van der Waals surface area contributed by atoms with E-state index in [1.54, 1.807) is 4.90 Å². The normalized spacial score (nSPS) is 23.4. The van der Waals surface area contributed by atoms with Crippen molar-refractivity contribution in [2.75, 3.05) is 26.2 Å². The van der Waals surface area contributed by atoms with Gasteiger partial charge in [0.15, 0.2) is 5.69 Å². The van der Waals surface area contributed by atoms with Gasteiger partial charge in [-0.25, -0.2) is 4.79 Å². The maximum Gasteiger partial charge on any atom is 0.374 e. The third kappa shape index (κ3) is 2.40. The molecule has 1 amide bonds. The van der Waals surface area contributed by atoms with Crippen molar-refractivity contribution in [2.24, 2.45) is 0 Å². The molecule has 2 aliphatic rings. The fraction of sp³-hybridized carbons (Fsp3) is 0.615. The Bertz CT molecular complexity index is 527. The van der Waals surface area contributed by atoms with E-state index in [-0.39, 0.29) is 17.4 Å². The van der Waals surface area contributed by atoms with Crippen molar-refractivity contribution in [2.45, 2.75) is 25.3 Å². The van der Waals surface area contributed by atoms with Crippen LogP contribution >= 0.6 is 0 Å². The number of aromatic nitrogens is 1. The zero-order chi connectivity index (χ0) is 14.1. The first-order valence-electron chi connectivity index (χ1n) is 6.88. The van der Waals surface area contributed by atoms with Crippen molar-refractivity contribution in [3.05, 3.63) is 17.5 Å². The quantitative estimate of drug-likeness (QED) is 0.856. The van der Waals surface area contributed by atoms with Crippen LogP contribution in [0, 0.1) is 0 Å². The molecule has 1 unspecified atom stereocenters. The summed E-state index contributed by atoms with van der Waals surface area (Å²) >= 11 is 0. The number of amides is 1. The van der Waals surface area contributed by atoms with Crippen LogP contribution in [-0.4, -0.2) is 64.2 Å². The molecule has 1 atom stereocenters. The number of carbonyl (C=O) groups is 2. The predicted molar refractivity (Wildman–Crippen MR) is 68.6 cm³/mol. The van der Waals surface area contributed by atoms with Crippen LogP contribution in [0.15, 0.2) is 10.6 Å². The fourth-order valence-electron chi connectivity index (χ4n) is 3.03. The largest absolute Gasteiger partial charge is 0.475 e. The van der Waals surface area contributed by atoms with Gasteiger partial charge in [-0.1, -0.05) is 5.16 Å². The van der Waals surface area contributed by atoms with Gasteiger partial charge in [0.05, 0.1) is 0 Å². The van der Waals surface area contributed by atoms with E-state index in [4.69, 9.17) is 5.11 Å². The van der Waals surface area contributed by atoms with Gasteiger partial charge in [-0.05, 0) is 25.8 Å². The zero-order valence-corrected chi connectivity index (χ0v) is 11.1. The number of carboxylic acid groups (broad SMARTS) is 1. The number of fused-ring (bicyclic) bond motifs is 1. The number of hydrogen-bond acceptors (Lipinski definition) is 5. The van der Waals surface area contributed by atoms with Gasteiger partial charge < -0.3 is 14.5 Å². The topological polar surface area (TPSA) is 86.9 Å². The highest BCUT2D eigenvalue weighted by Gasteiger charge is 2.32. The Morgan fingerprint density at radius 2 is 2.10 bits per heavy atom. The van der Waals surface area contributed by atoms with E-state index < -0.39 is 5.97 Å². The van der Waals surface area contributed by atoms with Crippen molar-refractivity contribution in [3.63, 3.8) is 0 Å². The molecule has 0 radical (unpaired) electrons. The second-order valence-corrected chi connectivity index (χ2v) is 5.32. The molecule has 2 aliphatic heterocycles. The van der Waals surface area contributed by atoms with Crippen LogP contribution in [0.1, 0.15) is 40.3 Å². The molecule has 0 aliphatic carbocycles. The minimum Gasteiger partial charge on any atom is -0.475 e. The number of carbonyl (C=O) groups excluding carboxylic acids is 1. The highest BCUT2D eigenvalue weighted by atomic mass is 16.5. The fourth-order valence-corrected chi connectivity index (χ4v) is 3.03. The maximum atomic E-state index is 12.4. The lowest BCUT2D eigenvalue weighted by atomic mass is 10.2. The van der Waals surface area contributed by atoms with E-state index in [9.17, 15) is 9.59 Å². The van der Waals surface area contributed by atoms with Gasteiger partial charge in [-0.2, -0.15) is 0 Å². The zero-order valence-electron chi connectivity index (χ0n) is 11.1. The van der Waals surface area contributed by atoms with Gasteiger partial charge in [0.2, 0.25) is 5.76 Å². The monoisotopic (exact) mass is 279 g/mol. The standard InChI is InChI=1S/C13H17N3O4/c17-12(10-7-11(13(18)19)20-14-10)16-6-2-5-15-4-1-3-9(15)8-16/h7,9H,1-6,8H2,(H,18,19). The minimum atomic E-state index is -1.21. The van der Waals surface area contributed by atoms with E-state index in [0.717, 1.165) is 25.9 Å². The van der Waals surface area contributed by atoms with Crippen LogP contribution in [0.2, 0.25) is 0 Å². The minimum absolute atomic E-state index is 0.0776. The summed E-state index contributed by atoms with van der Waals surface area (Å²) in [5.41, 5.74) is 0.0776. The summed E-state index contributed by atoms with van der Waals surface area (Å²) in [5.74, 6) is -1.75. The highest BCUT2D eigenvalue weighted by molar-refractivity contribution is 5.94. The number of aromatic carboxylic acids is 1. The van der Waals surface area contributed by atoms with Gasteiger partial charge in [-0.3, -0.25) is 9.69 Å². The highest BCUT2D eigenvalue weighted by Crippen LogP contribution is 2.22. The smallest absolute Gasteiger partial charge is 0.374 e. The van der Waals surface area contributed by atoms with Crippen LogP contribution in [0.4, 0.5) is 0 Å². The first kappa shape index (κ1) is 13.1. The van der Waals surface area contributed by atoms with E-state index in [1.807, 2.05) is 0 Å². The van der Waals surface area contributed by atoms with Crippen LogP contribution in [0.5, 0.6) is 0 Å². The number of carboxylic acids is 1. The lowest BCUT2D eigenvalue weighted by molar-refractivity contribution is 0.0648. The lowest BCUT2D eigenvalue weighted by Gasteiger charge is -2.24. The molecule has 7 nitrogen and oxygen atoms in total. The molecule has 3 heterocycles. The van der Waals surface area contributed by atoms with Crippen LogP contribution < -0.4 is 0 Å². The second-order valence-electron chi connectivity index (χ2n) is 5.32. The third-order valence-electron chi connectivity index (χ3n) is 4.03. The van der Waals surface area contributed by atoms with Crippen molar-refractivity contribution in [1.29, 1.82) is 0 Å². The Kier molecular flexibility index (Phi) is 3.43. The first-order valence-corrected chi connectivity index (χ1v) is 6.88. The molecule has 20 heavy (non-hydrogen) atoms. The molecule has 0 saturated carbocycles. The Morgan fingerprint density at radius 1 is 1.30 bits per heavy atom. The molecule has 1 N–H and O–H groups in total. The first-order chi connectivity index (χ1) is 9.65. The lowest BCUT2D eigenvalue weighted by Crippen LogP contribution is -2.39. The SMILES string of the molecule is O=C(O)c1cc(C(=O)N2CCCN3CCCC3C2)no1. The second kappa shape index (κ2) is 5.24. The van der Waals surface area contributed by atoms with Gasteiger partial charge in [0, 0.05) is 31.7 Å². The van der Waals surface area contributed by atoms with Crippen molar-refractivity contribution in [1.82, 2.24) is 15.0 Å².